The highest BCUT2D eigenvalue weighted by Crippen LogP contribution is 2.71. The van der Waals surface area contributed by atoms with E-state index in [1.54, 1.807) is 0 Å². The maximum absolute atomic E-state index is 12.3. The van der Waals surface area contributed by atoms with E-state index in [0.717, 1.165) is 62.4 Å². The summed E-state index contributed by atoms with van der Waals surface area (Å²) in [6.07, 6.45) is 15.6. The van der Waals surface area contributed by atoms with Gasteiger partial charge in [0.15, 0.2) is 5.79 Å². The molecule has 0 amide bonds. The molecule has 0 aromatic carbocycles. The molecule has 0 N–H and O–H groups in total. The molecular weight excluding hydrogens is 448 g/mol. The second-order valence-electron chi connectivity index (χ2n) is 14.7. The molecule has 12 atom stereocenters. The first kappa shape index (κ1) is 25.7. The fraction of sp³-hybridized carbons (Fsp3) is 0.969. The van der Waals surface area contributed by atoms with E-state index < -0.39 is 0 Å². The molecular formula is C32H52O4. The van der Waals surface area contributed by atoms with Gasteiger partial charge in [-0.1, -0.05) is 41.0 Å². The van der Waals surface area contributed by atoms with Gasteiger partial charge in [0.05, 0.1) is 12.7 Å². The van der Waals surface area contributed by atoms with Gasteiger partial charge in [-0.25, -0.2) is 0 Å². The molecule has 0 aromatic rings. The molecule has 6 aliphatic rings. The van der Waals surface area contributed by atoms with Crippen molar-refractivity contribution in [2.24, 2.45) is 52.3 Å². The minimum absolute atomic E-state index is 0.0355. The van der Waals surface area contributed by atoms with Crippen LogP contribution in [0.2, 0.25) is 0 Å². The highest BCUT2D eigenvalue weighted by molar-refractivity contribution is 5.69. The number of hydrogen-bond donors (Lipinski definition) is 0. The number of ether oxygens (including phenoxy) is 3. The molecule has 1 spiro atoms. The van der Waals surface area contributed by atoms with Gasteiger partial charge in [0.25, 0.3) is 0 Å². The average molecular weight is 501 g/mol. The Balaban J connectivity index is 1.15. The second kappa shape index (κ2) is 9.25. The molecule has 2 aliphatic heterocycles. The lowest BCUT2D eigenvalue weighted by molar-refractivity contribution is -0.273. The fourth-order valence-corrected chi connectivity index (χ4v) is 10.9. The predicted molar refractivity (Wildman–Crippen MR) is 141 cm³/mol. The Morgan fingerprint density at radius 2 is 1.75 bits per heavy atom. The van der Waals surface area contributed by atoms with Crippen molar-refractivity contribution in [1.82, 2.24) is 0 Å². The Bertz CT molecular complexity index is 832. The van der Waals surface area contributed by atoms with Gasteiger partial charge >= 0.3 is 5.97 Å². The number of hydrogen-bond acceptors (Lipinski definition) is 4. The van der Waals surface area contributed by atoms with E-state index in [2.05, 4.69) is 34.6 Å². The third-order valence-corrected chi connectivity index (χ3v) is 12.9. The van der Waals surface area contributed by atoms with Crippen molar-refractivity contribution in [3.05, 3.63) is 0 Å². The van der Waals surface area contributed by atoms with Crippen molar-refractivity contribution in [2.75, 3.05) is 6.61 Å². The van der Waals surface area contributed by atoms with E-state index in [-0.39, 0.29) is 17.9 Å². The van der Waals surface area contributed by atoms with Crippen LogP contribution in [0.1, 0.15) is 118 Å². The SMILES string of the molecule is CCCCC(=O)O[C@@H]1CC[C@@]2(C)[C@@H](CC[C@@H]3[C@@H]2CC[C@]2(C)[C@@H]4[C@H](C[C@@H]32)O[C@]2(CC[C@@H](C)CO2)[C@H]4C)C1. The Morgan fingerprint density at radius 1 is 0.944 bits per heavy atom. The van der Waals surface area contributed by atoms with E-state index >= 15 is 0 Å². The van der Waals surface area contributed by atoms with Gasteiger partial charge in [-0.2, -0.15) is 0 Å². The minimum atomic E-state index is -0.302. The standard InChI is InChI=1S/C32H52O4/c1-6-7-8-28(33)35-23-12-14-30(4)22(17-23)9-10-24-25(30)13-15-31(5)26(24)18-27-29(31)21(3)32(36-27)16-11-20(2)19-34-32/h20-27,29H,6-19H2,1-5H3/t20-,21+,22+,23-,24-,25+,26+,27+,29+,30+,31+,32-/m1/s1. The van der Waals surface area contributed by atoms with Gasteiger partial charge in [-0.15, -0.1) is 0 Å². The van der Waals surface area contributed by atoms with E-state index in [0.29, 0.717) is 41.1 Å². The van der Waals surface area contributed by atoms with Crippen molar-refractivity contribution in [2.45, 2.75) is 136 Å². The van der Waals surface area contributed by atoms with Crippen LogP contribution in [-0.2, 0) is 19.0 Å². The summed E-state index contributed by atoms with van der Waals surface area (Å²) in [4.78, 5) is 12.3. The molecule has 36 heavy (non-hydrogen) atoms. The van der Waals surface area contributed by atoms with Crippen LogP contribution in [-0.4, -0.2) is 30.6 Å². The van der Waals surface area contributed by atoms with Crippen LogP contribution in [0.25, 0.3) is 0 Å². The lowest BCUT2D eigenvalue weighted by atomic mass is 9.44. The van der Waals surface area contributed by atoms with Gasteiger partial charge in [0, 0.05) is 18.8 Å². The summed E-state index contributed by atoms with van der Waals surface area (Å²) < 4.78 is 19.4. The Hall–Kier alpha value is -0.610. The van der Waals surface area contributed by atoms with Crippen LogP contribution in [0.3, 0.4) is 0 Å². The lowest BCUT2D eigenvalue weighted by Crippen LogP contribution is -2.55. The third-order valence-electron chi connectivity index (χ3n) is 12.9. The number of rotatable bonds is 4. The first-order valence-electron chi connectivity index (χ1n) is 15.7. The van der Waals surface area contributed by atoms with Crippen molar-refractivity contribution in [3.8, 4) is 0 Å². The first-order valence-corrected chi connectivity index (χ1v) is 15.7. The van der Waals surface area contributed by atoms with Crippen molar-refractivity contribution in [3.63, 3.8) is 0 Å². The third kappa shape index (κ3) is 3.85. The number of fused-ring (bicyclic) bond motifs is 7. The van der Waals surface area contributed by atoms with Crippen LogP contribution in [0, 0.1) is 52.3 Å². The molecule has 4 aliphatic carbocycles. The summed E-state index contributed by atoms with van der Waals surface area (Å²) >= 11 is 0. The van der Waals surface area contributed by atoms with Crippen molar-refractivity contribution in [1.29, 1.82) is 0 Å². The van der Waals surface area contributed by atoms with E-state index in [9.17, 15) is 4.79 Å². The fourth-order valence-electron chi connectivity index (χ4n) is 10.9. The maximum atomic E-state index is 12.3. The highest BCUT2D eigenvalue weighted by Gasteiger charge is 2.69. The zero-order valence-corrected chi connectivity index (χ0v) is 23.7. The van der Waals surface area contributed by atoms with E-state index in [1.165, 1.54) is 44.9 Å². The van der Waals surface area contributed by atoms with Crippen LogP contribution >= 0.6 is 0 Å². The van der Waals surface area contributed by atoms with Crippen LogP contribution in [0.4, 0.5) is 0 Å². The smallest absolute Gasteiger partial charge is 0.306 e. The monoisotopic (exact) mass is 500 g/mol. The molecule has 0 aromatic heterocycles. The topological polar surface area (TPSA) is 44.8 Å². The molecule has 4 nitrogen and oxygen atoms in total. The summed E-state index contributed by atoms with van der Waals surface area (Å²) in [6.45, 7) is 13.0. The highest BCUT2D eigenvalue weighted by atomic mass is 16.7. The van der Waals surface area contributed by atoms with E-state index in [4.69, 9.17) is 14.2 Å². The largest absolute Gasteiger partial charge is 0.462 e. The lowest BCUT2D eigenvalue weighted by Gasteiger charge is -2.61. The Morgan fingerprint density at radius 3 is 2.50 bits per heavy atom. The van der Waals surface area contributed by atoms with Crippen LogP contribution in [0.15, 0.2) is 0 Å². The summed E-state index contributed by atoms with van der Waals surface area (Å²) in [5.74, 6) is 4.76. The summed E-state index contributed by atoms with van der Waals surface area (Å²) in [5.41, 5.74) is 0.820. The van der Waals surface area contributed by atoms with Gasteiger partial charge in [0.1, 0.15) is 6.10 Å². The molecule has 6 rings (SSSR count). The molecule has 4 heteroatoms. The van der Waals surface area contributed by atoms with Gasteiger partial charge in [-0.3, -0.25) is 4.79 Å². The minimum Gasteiger partial charge on any atom is -0.462 e. The number of unbranched alkanes of at least 4 members (excludes halogenated alkanes) is 1. The Labute approximate surface area is 220 Å². The molecule has 4 saturated carbocycles. The molecule has 0 radical (unpaired) electrons. The molecule has 2 saturated heterocycles. The first-order chi connectivity index (χ1) is 17.2. The molecule has 204 valence electrons. The summed E-state index contributed by atoms with van der Waals surface area (Å²) in [5, 5.41) is 0. The number of carbonyl (C=O) groups excluding carboxylic acids is 1. The normalized spacial score (nSPS) is 53.9. The zero-order valence-electron chi connectivity index (χ0n) is 23.7. The average Bonchev–Trinajstić information content (AvgIpc) is 3.30. The molecule has 0 bridgehead atoms. The van der Waals surface area contributed by atoms with E-state index in [1.807, 2.05) is 0 Å². The predicted octanol–water partition coefficient (Wildman–Crippen LogP) is 7.53. The number of carbonyl (C=O) groups is 1. The Kier molecular flexibility index (Phi) is 6.59. The summed E-state index contributed by atoms with van der Waals surface area (Å²) in [6, 6.07) is 0. The second-order valence-corrected chi connectivity index (χ2v) is 14.7. The van der Waals surface area contributed by atoms with Gasteiger partial charge in [-0.05, 0) is 111 Å². The van der Waals surface area contributed by atoms with Crippen LogP contribution in [0.5, 0.6) is 0 Å². The maximum Gasteiger partial charge on any atom is 0.306 e. The van der Waals surface area contributed by atoms with Crippen LogP contribution < -0.4 is 0 Å². The van der Waals surface area contributed by atoms with Gasteiger partial charge < -0.3 is 14.2 Å². The molecule has 0 unspecified atom stereocenters. The quantitative estimate of drug-likeness (QED) is 0.374. The van der Waals surface area contributed by atoms with Gasteiger partial charge in [0.2, 0.25) is 0 Å². The van der Waals surface area contributed by atoms with Crippen molar-refractivity contribution >= 4 is 5.97 Å². The number of esters is 1. The molecule has 6 fully saturated rings. The summed E-state index contributed by atoms with van der Waals surface area (Å²) in [7, 11) is 0. The molecule has 2 heterocycles. The van der Waals surface area contributed by atoms with Crippen molar-refractivity contribution < 1.29 is 19.0 Å². The zero-order chi connectivity index (χ0) is 25.3.